The number of nitrogens with two attached hydrogens (primary N) is 4. The number of carbonyl (C=O) groups is 5. The molecule has 1 saturated carbocycles. The lowest BCUT2D eigenvalue weighted by Gasteiger charge is -2.45. The Morgan fingerprint density at radius 3 is 1.79 bits per heavy atom. The molecule has 5 rings (SSSR count). The molecule has 8 N–H and O–H groups in total. The van der Waals surface area contributed by atoms with E-state index in [9.17, 15) is 24.0 Å². The Morgan fingerprint density at radius 1 is 0.614 bits per heavy atom. The Bertz CT molecular complexity index is 1520. The van der Waals surface area contributed by atoms with Gasteiger partial charge in [-0.1, -0.05) is 5.11 Å². The first-order chi connectivity index (χ1) is 27.0. The quantitative estimate of drug-likeness (QED) is 0.0329. The van der Waals surface area contributed by atoms with Crippen LogP contribution in [0.15, 0.2) is 5.11 Å². The second-order valence-electron chi connectivity index (χ2n) is 14.2. The van der Waals surface area contributed by atoms with Crippen molar-refractivity contribution in [1.82, 2.24) is 0 Å². The number of esters is 5. The van der Waals surface area contributed by atoms with Crippen molar-refractivity contribution in [3.8, 4) is 0 Å². The van der Waals surface area contributed by atoms with Crippen LogP contribution in [0, 0.1) is 0 Å². The van der Waals surface area contributed by atoms with Gasteiger partial charge in [0.25, 0.3) is 0 Å². The third-order valence-corrected chi connectivity index (χ3v) is 9.89. The van der Waals surface area contributed by atoms with Crippen LogP contribution < -0.4 is 22.9 Å². The molecule has 0 aromatic rings. The SMILES string of the molecule is CC(=O)OC[C@H]1O[C@@H](O[C@H]2[C@H](O[C@H]3O[C@H](CN=[N+]=[N-])[C@@H]4O[C@@H]4[C@H]3N)[C@@H](N)CC[C@@H]2OC(C)=O)[C@H](OC(C)=O)[C@@H]1O[C@H]1O[C@@H](CN)[C@@H](OC(C)=O)[C@H](OC(C)=O)[C@H]1N. The van der Waals surface area contributed by atoms with E-state index >= 15 is 0 Å². The maximum Gasteiger partial charge on any atom is 0.303 e. The summed E-state index contributed by atoms with van der Waals surface area (Å²) >= 11 is 0. The Hall–Kier alpha value is -3.78. The van der Waals surface area contributed by atoms with Crippen LogP contribution in [0.2, 0.25) is 0 Å². The molecule has 0 aromatic carbocycles. The number of carbonyl (C=O) groups excluding carboxylic acids is 5. The number of azide groups is 1. The second kappa shape index (κ2) is 19.3. The normalized spacial score (nSPS) is 41.1. The van der Waals surface area contributed by atoms with Crippen LogP contribution in [-0.2, 0) is 80.8 Å². The van der Waals surface area contributed by atoms with Crippen LogP contribution in [0.1, 0.15) is 47.5 Å². The topological polar surface area (TPSA) is 352 Å². The van der Waals surface area contributed by atoms with Gasteiger partial charge in [0.15, 0.2) is 37.2 Å². The minimum atomic E-state index is -1.54. The third kappa shape index (κ3) is 10.8. The van der Waals surface area contributed by atoms with Gasteiger partial charge in [-0.2, -0.15) is 0 Å². The van der Waals surface area contributed by atoms with Crippen LogP contribution in [0.5, 0.6) is 0 Å². The molecule has 24 heteroatoms. The van der Waals surface area contributed by atoms with Crippen molar-refractivity contribution in [2.24, 2.45) is 28.0 Å². The molecule has 0 amide bonds. The van der Waals surface area contributed by atoms with Gasteiger partial charge in [-0.15, -0.1) is 0 Å². The summed E-state index contributed by atoms with van der Waals surface area (Å²) in [5.74, 6) is -3.63. The van der Waals surface area contributed by atoms with Crippen LogP contribution in [0.4, 0.5) is 0 Å². The van der Waals surface area contributed by atoms with Gasteiger partial charge in [-0.05, 0) is 18.4 Å². The van der Waals surface area contributed by atoms with Crippen molar-refractivity contribution in [3.63, 3.8) is 0 Å². The monoisotopic (exact) mass is 817 g/mol. The number of epoxide rings is 1. The number of nitrogens with zero attached hydrogens (tertiary/aromatic N) is 3. The predicted molar refractivity (Wildman–Crippen MR) is 184 cm³/mol. The lowest BCUT2D eigenvalue weighted by atomic mass is 9.87. The fourth-order valence-corrected chi connectivity index (χ4v) is 7.44. The number of hydrogen-bond donors (Lipinski definition) is 4. The maximum atomic E-state index is 12.7. The van der Waals surface area contributed by atoms with E-state index in [0.717, 1.165) is 27.7 Å². The number of rotatable bonds is 15. The zero-order valence-corrected chi connectivity index (χ0v) is 32.0. The Balaban J connectivity index is 1.46. The summed E-state index contributed by atoms with van der Waals surface area (Å²) in [6, 6.07) is -2.88. The molecule has 24 nitrogen and oxygen atoms in total. The average molecular weight is 818 g/mol. The first-order valence-corrected chi connectivity index (χ1v) is 18.4. The van der Waals surface area contributed by atoms with Crippen molar-refractivity contribution >= 4 is 29.8 Å². The van der Waals surface area contributed by atoms with E-state index in [1.54, 1.807) is 0 Å². The first kappa shape index (κ1) is 44.3. The van der Waals surface area contributed by atoms with Crippen LogP contribution >= 0.6 is 0 Å². The highest BCUT2D eigenvalue weighted by atomic mass is 16.8. The summed E-state index contributed by atoms with van der Waals surface area (Å²) in [4.78, 5) is 63.9. The molecular formula is C33H51N7O17. The summed E-state index contributed by atoms with van der Waals surface area (Å²) in [5, 5.41) is 3.59. The predicted octanol–water partition coefficient (Wildman–Crippen LogP) is -2.58. The average Bonchev–Trinajstić information content (AvgIpc) is 3.88. The lowest BCUT2D eigenvalue weighted by molar-refractivity contribution is -0.289. The van der Waals surface area contributed by atoms with Crippen LogP contribution in [-0.4, -0.2) is 160 Å². The van der Waals surface area contributed by atoms with Crippen molar-refractivity contribution in [3.05, 3.63) is 10.4 Å². The van der Waals surface area contributed by atoms with Gasteiger partial charge in [0.1, 0.15) is 55.4 Å². The highest BCUT2D eigenvalue weighted by molar-refractivity contribution is 5.68. The molecule has 5 aliphatic rings. The number of ether oxygens (including phenoxy) is 12. The fourth-order valence-electron chi connectivity index (χ4n) is 7.44. The van der Waals surface area contributed by atoms with Gasteiger partial charge >= 0.3 is 29.8 Å². The standard InChI is InChI=1S/C33H51N7O17/c1-11(41)46-10-20-27(56-31-21(36)28(49-14(4)44)25(48-13(3)43)18(8-34)51-31)30(50-15(5)45)33(53-20)57-24-17(47-12(2)42)7-6-16(35)23(24)55-32-22(37)29-26(54-29)19(52-32)9-39-40-38/h16-33H,6-10,34-37H2,1-5H3/t16-,17-,18-,19+,20+,21+,22+,23+,24+,25+,26-,27+,28+,29+,30+,31+,32+,33-/m0/s1. The lowest BCUT2D eigenvalue weighted by Crippen LogP contribution is -2.66. The van der Waals surface area contributed by atoms with Crippen molar-refractivity contribution in [2.45, 2.75) is 158 Å². The zero-order chi connectivity index (χ0) is 41.7. The van der Waals surface area contributed by atoms with E-state index in [2.05, 4.69) is 10.0 Å². The van der Waals surface area contributed by atoms with Gasteiger partial charge in [-0.25, -0.2) is 0 Å². The molecule has 0 radical (unpaired) electrons. The number of hydrogen-bond acceptors (Lipinski definition) is 22. The molecule has 18 atom stereocenters. The Morgan fingerprint density at radius 2 is 1.18 bits per heavy atom. The third-order valence-electron chi connectivity index (χ3n) is 9.89. The summed E-state index contributed by atoms with van der Waals surface area (Å²) in [7, 11) is 0. The summed E-state index contributed by atoms with van der Waals surface area (Å²) in [5.41, 5.74) is 34.4. The Labute approximate surface area is 326 Å². The van der Waals surface area contributed by atoms with Crippen molar-refractivity contribution in [2.75, 3.05) is 19.7 Å². The largest absolute Gasteiger partial charge is 0.463 e. The maximum absolute atomic E-state index is 12.7. The molecule has 0 aromatic heterocycles. The minimum Gasteiger partial charge on any atom is -0.463 e. The molecule has 320 valence electrons. The summed E-state index contributed by atoms with van der Waals surface area (Å²) < 4.78 is 70.7. The van der Waals surface area contributed by atoms with Gasteiger partial charge in [0.05, 0.1) is 24.7 Å². The van der Waals surface area contributed by atoms with Gasteiger partial charge in [0.2, 0.25) is 0 Å². The fraction of sp³-hybridized carbons (Fsp3) is 0.848. The zero-order valence-electron chi connectivity index (χ0n) is 32.0. The van der Waals surface area contributed by atoms with Crippen LogP contribution in [0.3, 0.4) is 0 Å². The smallest absolute Gasteiger partial charge is 0.303 e. The van der Waals surface area contributed by atoms with E-state index in [1.165, 1.54) is 6.92 Å². The highest BCUT2D eigenvalue weighted by Gasteiger charge is 2.59. The molecule has 0 spiro atoms. The molecule has 0 unspecified atom stereocenters. The minimum absolute atomic E-state index is 0.0610. The van der Waals surface area contributed by atoms with E-state index in [0.29, 0.717) is 6.42 Å². The molecule has 1 aliphatic carbocycles. The molecular weight excluding hydrogens is 766 g/mol. The van der Waals surface area contributed by atoms with E-state index in [-0.39, 0.29) is 19.5 Å². The van der Waals surface area contributed by atoms with E-state index in [1.807, 2.05) is 0 Å². The van der Waals surface area contributed by atoms with E-state index in [4.69, 9.17) is 85.3 Å². The summed E-state index contributed by atoms with van der Waals surface area (Å²) in [6.07, 6.45) is -16.2. The van der Waals surface area contributed by atoms with Crippen molar-refractivity contribution < 1.29 is 80.8 Å². The molecule has 57 heavy (non-hydrogen) atoms. The molecule has 5 fully saturated rings. The Kier molecular flexibility index (Phi) is 15.0. The number of fused-ring (bicyclic) bond motifs is 1. The van der Waals surface area contributed by atoms with Crippen LogP contribution in [0.25, 0.3) is 10.4 Å². The molecule has 0 bridgehead atoms. The van der Waals surface area contributed by atoms with E-state index < -0.39 is 147 Å². The highest BCUT2D eigenvalue weighted by Crippen LogP contribution is 2.40. The van der Waals surface area contributed by atoms with Gasteiger partial charge in [-0.3, -0.25) is 24.0 Å². The second-order valence-corrected chi connectivity index (χ2v) is 14.2. The molecule has 4 saturated heterocycles. The molecule has 4 heterocycles. The van der Waals surface area contributed by atoms with Gasteiger partial charge in [0, 0.05) is 52.1 Å². The molecule has 4 aliphatic heterocycles. The van der Waals surface area contributed by atoms with Gasteiger partial charge < -0.3 is 79.8 Å². The summed E-state index contributed by atoms with van der Waals surface area (Å²) in [6.45, 7) is 4.99. The van der Waals surface area contributed by atoms with Crippen molar-refractivity contribution in [1.29, 1.82) is 0 Å². The first-order valence-electron chi connectivity index (χ1n) is 18.4.